The molecule has 0 aromatic heterocycles. The number of anilines is 3. The summed E-state index contributed by atoms with van der Waals surface area (Å²) in [6, 6.07) is 0.368. The molecule has 4 nitrogen and oxygen atoms in total. The Balaban J connectivity index is 0.00000117. The first-order valence-electron chi connectivity index (χ1n) is 10.6. The highest BCUT2D eigenvalue weighted by Crippen LogP contribution is 2.47. The van der Waals surface area contributed by atoms with Crippen LogP contribution >= 0.6 is 0 Å². The Labute approximate surface area is 174 Å². The highest BCUT2D eigenvalue weighted by molar-refractivity contribution is 5.95. The first-order chi connectivity index (χ1) is 14.0. The van der Waals surface area contributed by atoms with Crippen LogP contribution in [0.1, 0.15) is 44.2 Å². The van der Waals surface area contributed by atoms with Gasteiger partial charge in [-0.25, -0.2) is 4.39 Å². The zero-order valence-corrected chi connectivity index (χ0v) is 18.1. The van der Waals surface area contributed by atoms with Gasteiger partial charge in [-0.15, -0.1) is 0 Å². The van der Waals surface area contributed by atoms with E-state index in [1.54, 1.807) is 0 Å². The molecule has 0 atom stereocenters. The number of halogens is 1. The van der Waals surface area contributed by atoms with E-state index in [1.165, 1.54) is 5.57 Å². The van der Waals surface area contributed by atoms with Crippen molar-refractivity contribution in [3.05, 3.63) is 59.7 Å². The molecule has 29 heavy (non-hydrogen) atoms. The Bertz CT molecular complexity index is 878. The Morgan fingerprint density at radius 1 is 1.24 bits per heavy atom. The summed E-state index contributed by atoms with van der Waals surface area (Å²) in [4.78, 5) is 4.15. The fourth-order valence-corrected chi connectivity index (χ4v) is 3.74. The maximum absolute atomic E-state index is 15.6. The summed E-state index contributed by atoms with van der Waals surface area (Å²) in [7, 11) is 2.05. The lowest BCUT2D eigenvalue weighted by Gasteiger charge is -2.31. The minimum Gasteiger partial charge on any atom is -0.398 e. The Hall–Kier alpha value is -2.69. The van der Waals surface area contributed by atoms with Gasteiger partial charge in [-0.05, 0) is 61.2 Å². The Morgan fingerprint density at radius 3 is 2.59 bits per heavy atom. The third kappa shape index (κ3) is 4.19. The summed E-state index contributed by atoms with van der Waals surface area (Å²) in [6.07, 6.45) is 13.3. The molecule has 156 valence electrons. The van der Waals surface area contributed by atoms with E-state index >= 15 is 4.39 Å². The van der Waals surface area contributed by atoms with Gasteiger partial charge in [-0.2, -0.15) is 0 Å². The van der Waals surface area contributed by atoms with Gasteiger partial charge in [0.1, 0.15) is 0 Å². The molecule has 1 saturated carbocycles. The third-order valence-corrected chi connectivity index (χ3v) is 5.57. The van der Waals surface area contributed by atoms with Crippen LogP contribution in [0.15, 0.2) is 42.8 Å². The number of hydrogen-bond acceptors (Lipinski definition) is 4. The zero-order chi connectivity index (χ0) is 21.1. The van der Waals surface area contributed by atoms with Crippen LogP contribution in [0.4, 0.5) is 21.5 Å². The van der Waals surface area contributed by atoms with Crippen LogP contribution in [-0.4, -0.2) is 31.1 Å². The normalized spacial score (nSPS) is 17.6. The number of nitrogen functional groups attached to an aromatic ring is 1. The van der Waals surface area contributed by atoms with Crippen LogP contribution in [-0.2, 0) is 0 Å². The molecular weight excluding hydrogens is 363 g/mol. The third-order valence-electron chi connectivity index (χ3n) is 5.57. The van der Waals surface area contributed by atoms with Crippen LogP contribution in [0.25, 0.3) is 5.57 Å². The summed E-state index contributed by atoms with van der Waals surface area (Å²) in [6.45, 7) is 11.5. The fourth-order valence-electron chi connectivity index (χ4n) is 3.74. The van der Waals surface area contributed by atoms with Crippen LogP contribution < -0.4 is 16.0 Å². The van der Waals surface area contributed by atoms with Crippen molar-refractivity contribution in [2.75, 3.05) is 36.1 Å². The molecule has 3 aliphatic rings. The number of nitrogens with two attached hydrogens (primary N) is 1. The van der Waals surface area contributed by atoms with E-state index in [9.17, 15) is 0 Å². The standard InChI is InChI=1S/C22H27FN4.C2H6/c1-14-7-13-27(17-4-5-17)22-18(14)20(24)15(2)21(19(22)23)25-10-6-16-8-11-26(3)12-9-16;1-2/h7-9,11,13,17,25H,1,4-6,10,12,24H2,2-3H3;1-2H3. The number of hydrogen-bond donors (Lipinski definition) is 2. The molecule has 0 saturated heterocycles. The van der Waals surface area contributed by atoms with Crippen molar-refractivity contribution >= 4 is 22.6 Å². The van der Waals surface area contributed by atoms with Crippen molar-refractivity contribution in [3.63, 3.8) is 0 Å². The molecule has 1 fully saturated rings. The molecule has 3 N–H and O–H groups in total. The summed E-state index contributed by atoms with van der Waals surface area (Å²) in [5.41, 5.74) is 11.7. The molecule has 0 radical (unpaired) electrons. The Kier molecular flexibility index (Phi) is 6.36. The van der Waals surface area contributed by atoms with Crippen LogP contribution in [0.2, 0.25) is 0 Å². The van der Waals surface area contributed by atoms with E-state index in [1.807, 2.05) is 45.0 Å². The predicted molar refractivity (Wildman–Crippen MR) is 124 cm³/mol. The van der Waals surface area contributed by atoms with E-state index in [0.717, 1.165) is 42.5 Å². The number of rotatable bonds is 5. The lowest BCUT2D eigenvalue weighted by molar-refractivity contribution is 0.501. The second-order valence-electron chi connectivity index (χ2n) is 7.64. The van der Waals surface area contributed by atoms with Crippen molar-refractivity contribution in [1.29, 1.82) is 0 Å². The topological polar surface area (TPSA) is 44.5 Å². The molecule has 4 rings (SSSR count). The zero-order valence-electron chi connectivity index (χ0n) is 18.1. The van der Waals surface area contributed by atoms with E-state index in [2.05, 4.69) is 35.1 Å². The number of fused-ring (bicyclic) bond motifs is 1. The van der Waals surface area contributed by atoms with Crippen molar-refractivity contribution in [1.82, 2.24) is 4.90 Å². The van der Waals surface area contributed by atoms with E-state index in [0.29, 0.717) is 29.6 Å². The average molecular weight is 397 g/mol. The summed E-state index contributed by atoms with van der Waals surface area (Å²) < 4.78 is 15.6. The second kappa shape index (κ2) is 8.76. The molecule has 0 spiro atoms. The van der Waals surface area contributed by atoms with Gasteiger partial charge in [-0.1, -0.05) is 26.5 Å². The van der Waals surface area contributed by atoms with Gasteiger partial charge in [0.25, 0.3) is 0 Å². The second-order valence-corrected chi connectivity index (χ2v) is 7.64. The van der Waals surface area contributed by atoms with Crippen molar-refractivity contribution in [3.8, 4) is 0 Å². The Morgan fingerprint density at radius 2 is 1.97 bits per heavy atom. The van der Waals surface area contributed by atoms with Crippen LogP contribution in [0.5, 0.6) is 0 Å². The lowest BCUT2D eigenvalue weighted by Crippen LogP contribution is -2.25. The number of benzene rings is 1. The molecule has 2 aliphatic heterocycles. The molecule has 1 aromatic carbocycles. The first-order valence-corrected chi connectivity index (χ1v) is 10.6. The molecule has 5 heteroatoms. The highest BCUT2D eigenvalue weighted by Gasteiger charge is 2.35. The van der Waals surface area contributed by atoms with Crippen molar-refractivity contribution < 1.29 is 4.39 Å². The van der Waals surface area contributed by atoms with Gasteiger partial charge in [0.15, 0.2) is 5.82 Å². The maximum atomic E-state index is 15.6. The van der Waals surface area contributed by atoms with Gasteiger partial charge >= 0.3 is 0 Å². The van der Waals surface area contributed by atoms with Crippen LogP contribution in [0, 0.1) is 12.7 Å². The molecule has 1 aliphatic carbocycles. The number of likely N-dealkylation sites (N-methyl/N-ethyl adjacent to an activating group) is 1. The van der Waals surface area contributed by atoms with E-state index < -0.39 is 0 Å². The van der Waals surface area contributed by atoms with Gasteiger partial charge < -0.3 is 20.9 Å². The summed E-state index contributed by atoms with van der Waals surface area (Å²) >= 11 is 0. The van der Waals surface area contributed by atoms with E-state index in [4.69, 9.17) is 5.73 Å². The minimum absolute atomic E-state index is 0.220. The molecule has 0 bridgehead atoms. The van der Waals surface area contributed by atoms with Crippen molar-refractivity contribution in [2.45, 2.75) is 46.1 Å². The molecule has 0 amide bonds. The number of nitrogens with zero attached hydrogens (tertiary/aromatic N) is 2. The van der Waals surface area contributed by atoms with Gasteiger partial charge in [-0.3, -0.25) is 0 Å². The lowest BCUT2D eigenvalue weighted by atomic mass is 9.94. The largest absolute Gasteiger partial charge is 0.398 e. The molecular formula is C24H33FN4. The van der Waals surface area contributed by atoms with Gasteiger partial charge in [0.05, 0.1) is 11.4 Å². The highest BCUT2D eigenvalue weighted by atomic mass is 19.1. The van der Waals surface area contributed by atoms with Crippen molar-refractivity contribution in [2.24, 2.45) is 0 Å². The monoisotopic (exact) mass is 396 g/mol. The maximum Gasteiger partial charge on any atom is 0.170 e. The number of nitrogens with one attached hydrogen (secondary N) is 1. The first kappa shape index (κ1) is 21.0. The smallest absolute Gasteiger partial charge is 0.170 e. The molecule has 1 aromatic rings. The quantitative estimate of drug-likeness (QED) is 0.651. The summed E-state index contributed by atoms with van der Waals surface area (Å²) in [5.74, 6) is -0.220. The minimum atomic E-state index is -0.220. The average Bonchev–Trinajstić information content (AvgIpc) is 3.57. The SMILES string of the molecule is C=C1C=CN(C2CC2)c2c(F)c(NCCC3=CCN(C)C=C3)c(C)c(N)c21.CC. The van der Waals surface area contributed by atoms with Gasteiger partial charge in [0.2, 0.25) is 0 Å². The molecule has 0 unspecified atom stereocenters. The van der Waals surface area contributed by atoms with Crippen LogP contribution in [0.3, 0.4) is 0 Å². The van der Waals surface area contributed by atoms with E-state index in [-0.39, 0.29) is 5.82 Å². The van der Waals surface area contributed by atoms with Gasteiger partial charge in [0, 0.05) is 43.6 Å². The fraction of sp³-hybridized carbons (Fsp3) is 0.417. The number of allylic oxidation sites excluding steroid dienone is 3. The summed E-state index contributed by atoms with van der Waals surface area (Å²) in [5, 5.41) is 3.30. The predicted octanol–water partition coefficient (Wildman–Crippen LogP) is 5.44. The molecule has 2 heterocycles.